The molecule has 31 heavy (non-hydrogen) atoms. The van der Waals surface area contributed by atoms with Gasteiger partial charge in [0, 0.05) is 17.1 Å². The average molecular weight is 434 g/mol. The largest absolute Gasteiger partial charge is 0.504 e. The third-order valence-electron chi connectivity index (χ3n) is 4.87. The number of thiophene rings is 1. The highest BCUT2D eigenvalue weighted by Gasteiger charge is 2.15. The molecule has 0 amide bonds. The highest BCUT2D eigenvalue weighted by molar-refractivity contribution is 7.23. The zero-order valence-electron chi connectivity index (χ0n) is 17.6. The molecule has 0 bridgehead atoms. The van der Waals surface area contributed by atoms with Crippen LogP contribution in [0.15, 0.2) is 59.0 Å². The Labute approximate surface area is 184 Å². The molecule has 2 aromatic carbocycles. The van der Waals surface area contributed by atoms with Gasteiger partial charge < -0.3 is 15.2 Å². The molecule has 8 heteroatoms. The van der Waals surface area contributed by atoms with E-state index in [0.29, 0.717) is 18.1 Å². The Hall–Kier alpha value is -3.52. The van der Waals surface area contributed by atoms with E-state index in [1.807, 2.05) is 6.07 Å². The Kier molecular flexibility index (Phi) is 6.08. The number of azo groups is 1. The predicted octanol–water partition coefficient (Wildman–Crippen LogP) is 6.10. The van der Waals surface area contributed by atoms with Gasteiger partial charge in [-0.3, -0.25) is 0 Å². The van der Waals surface area contributed by atoms with Crippen LogP contribution in [0.3, 0.4) is 0 Å². The lowest BCUT2D eigenvalue weighted by Crippen LogP contribution is -1.95. The number of anilines is 1. The molecule has 4 rings (SSSR count). The van der Waals surface area contributed by atoms with Gasteiger partial charge in [-0.2, -0.15) is 5.11 Å². The van der Waals surface area contributed by atoms with Gasteiger partial charge in [0.15, 0.2) is 17.3 Å². The molecule has 0 aliphatic heterocycles. The van der Waals surface area contributed by atoms with Crippen LogP contribution in [0.1, 0.15) is 18.1 Å². The minimum Gasteiger partial charge on any atom is -0.504 e. The van der Waals surface area contributed by atoms with E-state index in [-0.39, 0.29) is 5.75 Å². The highest BCUT2D eigenvalue weighted by atomic mass is 32.1. The highest BCUT2D eigenvalue weighted by Crippen LogP contribution is 2.40. The van der Waals surface area contributed by atoms with Crippen LogP contribution >= 0.6 is 11.3 Å². The van der Waals surface area contributed by atoms with Crippen molar-refractivity contribution in [2.24, 2.45) is 10.2 Å². The van der Waals surface area contributed by atoms with Crippen LogP contribution in [-0.2, 0) is 6.54 Å². The summed E-state index contributed by atoms with van der Waals surface area (Å²) in [5.74, 6) is 1.06. The first kappa shape index (κ1) is 20.7. The number of phenolic OH excluding ortho intramolecular Hbond substituents is 1. The summed E-state index contributed by atoms with van der Waals surface area (Å²) >= 11 is 1.62. The number of aromatic hydroxyl groups is 1. The second-order valence-corrected chi connectivity index (χ2v) is 7.97. The number of phenols is 1. The van der Waals surface area contributed by atoms with E-state index in [4.69, 9.17) is 4.74 Å². The molecule has 0 radical (unpaired) electrons. The van der Waals surface area contributed by atoms with Gasteiger partial charge in [0.1, 0.15) is 11.0 Å². The molecule has 7 nitrogen and oxygen atoms in total. The quantitative estimate of drug-likeness (QED) is 0.344. The lowest BCUT2D eigenvalue weighted by molar-refractivity contribution is 0.373. The summed E-state index contributed by atoms with van der Waals surface area (Å²) < 4.78 is 5.98. The Balaban J connectivity index is 1.61. The van der Waals surface area contributed by atoms with Crippen LogP contribution in [0.25, 0.3) is 20.7 Å². The minimum absolute atomic E-state index is 0.0818. The lowest BCUT2D eigenvalue weighted by atomic mass is 10.1. The lowest BCUT2D eigenvalue weighted by Gasteiger charge is -2.04. The fourth-order valence-corrected chi connectivity index (χ4v) is 4.51. The Morgan fingerprint density at radius 2 is 1.94 bits per heavy atom. The third-order valence-corrected chi connectivity index (χ3v) is 6.20. The van der Waals surface area contributed by atoms with Crippen molar-refractivity contribution >= 4 is 33.1 Å². The van der Waals surface area contributed by atoms with E-state index in [9.17, 15) is 5.11 Å². The van der Waals surface area contributed by atoms with Gasteiger partial charge in [0.05, 0.1) is 19.2 Å². The van der Waals surface area contributed by atoms with Crippen LogP contribution < -0.4 is 10.1 Å². The summed E-state index contributed by atoms with van der Waals surface area (Å²) in [5, 5.41) is 21.9. The van der Waals surface area contributed by atoms with E-state index >= 15 is 0 Å². The molecule has 2 heterocycles. The van der Waals surface area contributed by atoms with Crippen LogP contribution in [0, 0.1) is 6.92 Å². The van der Waals surface area contributed by atoms with Crippen molar-refractivity contribution in [3.8, 4) is 21.9 Å². The van der Waals surface area contributed by atoms with Gasteiger partial charge in [0.25, 0.3) is 0 Å². The van der Waals surface area contributed by atoms with Gasteiger partial charge in [-0.15, -0.1) is 16.5 Å². The summed E-state index contributed by atoms with van der Waals surface area (Å²) in [6, 6.07) is 13.6. The fourth-order valence-electron chi connectivity index (χ4n) is 3.32. The zero-order chi connectivity index (χ0) is 21.8. The Morgan fingerprint density at radius 3 is 2.65 bits per heavy atom. The standard InChI is InChI=1S/C23H23N5O2S/c1-4-24-17-8-6-16(7-9-17)21-14(2)20-22(31-21)23(26-13-25-20)28-27-12-15-5-10-19(30-3)18(29)11-15/h5-11,13,24,29H,4,12H2,1-3H3. The number of ether oxygens (including phenoxy) is 1. The van der Waals surface area contributed by atoms with Gasteiger partial charge in [-0.05, 0) is 54.8 Å². The van der Waals surface area contributed by atoms with Crippen molar-refractivity contribution in [2.75, 3.05) is 19.0 Å². The molecule has 0 atom stereocenters. The summed E-state index contributed by atoms with van der Waals surface area (Å²) in [4.78, 5) is 9.95. The number of benzene rings is 2. The molecule has 0 spiro atoms. The molecule has 0 fully saturated rings. The number of rotatable bonds is 7. The number of hydrogen-bond acceptors (Lipinski definition) is 8. The first-order valence-corrected chi connectivity index (χ1v) is 10.7. The van der Waals surface area contributed by atoms with Crippen molar-refractivity contribution in [2.45, 2.75) is 20.4 Å². The van der Waals surface area contributed by atoms with Crippen LogP contribution in [0.5, 0.6) is 11.5 Å². The van der Waals surface area contributed by atoms with E-state index in [1.165, 1.54) is 13.4 Å². The van der Waals surface area contributed by atoms with Crippen molar-refractivity contribution in [1.82, 2.24) is 9.97 Å². The molecular formula is C23H23N5O2S. The van der Waals surface area contributed by atoms with Crippen LogP contribution in [0.4, 0.5) is 11.5 Å². The molecule has 0 aliphatic rings. The maximum absolute atomic E-state index is 9.92. The summed E-state index contributed by atoms with van der Waals surface area (Å²) in [6.07, 6.45) is 1.52. The van der Waals surface area contributed by atoms with E-state index in [2.05, 4.69) is 63.6 Å². The molecular weight excluding hydrogens is 410 g/mol. The van der Waals surface area contributed by atoms with E-state index < -0.39 is 0 Å². The number of aromatic nitrogens is 2. The molecule has 2 aromatic heterocycles. The van der Waals surface area contributed by atoms with Crippen LogP contribution in [0.2, 0.25) is 0 Å². The van der Waals surface area contributed by atoms with Gasteiger partial charge in [0.2, 0.25) is 0 Å². The molecule has 0 unspecified atom stereocenters. The monoisotopic (exact) mass is 433 g/mol. The second-order valence-electron chi connectivity index (χ2n) is 6.94. The van der Waals surface area contributed by atoms with Crippen molar-refractivity contribution in [1.29, 1.82) is 0 Å². The molecule has 2 N–H and O–H groups in total. The normalized spacial score (nSPS) is 11.3. The first-order chi connectivity index (χ1) is 15.1. The first-order valence-electron chi connectivity index (χ1n) is 9.92. The van der Waals surface area contributed by atoms with Crippen molar-refractivity contribution in [3.63, 3.8) is 0 Å². The van der Waals surface area contributed by atoms with E-state index in [1.54, 1.807) is 23.5 Å². The fraction of sp³-hybridized carbons (Fsp3) is 0.217. The Bertz CT molecular complexity index is 1230. The van der Waals surface area contributed by atoms with Crippen molar-refractivity contribution < 1.29 is 9.84 Å². The molecule has 0 saturated carbocycles. The number of nitrogens with one attached hydrogen (secondary N) is 1. The second kappa shape index (κ2) is 9.09. The predicted molar refractivity (Wildman–Crippen MR) is 125 cm³/mol. The van der Waals surface area contributed by atoms with Gasteiger partial charge in [-0.1, -0.05) is 18.2 Å². The summed E-state index contributed by atoms with van der Waals surface area (Å²) in [7, 11) is 1.52. The average Bonchev–Trinajstić information content (AvgIpc) is 3.12. The molecule has 0 saturated heterocycles. The molecule has 4 aromatic rings. The van der Waals surface area contributed by atoms with Gasteiger partial charge in [-0.25, -0.2) is 9.97 Å². The number of methoxy groups -OCH3 is 1. The third kappa shape index (κ3) is 4.34. The Morgan fingerprint density at radius 1 is 1.13 bits per heavy atom. The zero-order valence-corrected chi connectivity index (χ0v) is 18.4. The van der Waals surface area contributed by atoms with Crippen molar-refractivity contribution in [3.05, 3.63) is 59.9 Å². The number of aryl methyl sites for hydroxylation is 1. The molecule has 0 aliphatic carbocycles. The number of fused-ring (bicyclic) bond motifs is 1. The summed E-state index contributed by atoms with van der Waals surface area (Å²) in [5.41, 5.74) is 5.07. The topological polar surface area (TPSA) is 92.0 Å². The smallest absolute Gasteiger partial charge is 0.195 e. The van der Waals surface area contributed by atoms with Gasteiger partial charge >= 0.3 is 0 Å². The SMILES string of the molecule is CCNc1ccc(-c2sc3c(N=NCc4ccc(OC)c(O)c4)ncnc3c2C)cc1. The maximum Gasteiger partial charge on any atom is 0.195 e. The number of hydrogen-bond donors (Lipinski definition) is 2. The number of nitrogens with zero attached hydrogens (tertiary/aromatic N) is 4. The summed E-state index contributed by atoms with van der Waals surface area (Å²) in [6.45, 7) is 5.37. The molecule has 158 valence electrons. The maximum atomic E-state index is 9.92. The minimum atomic E-state index is 0.0818. The van der Waals surface area contributed by atoms with Crippen LogP contribution in [-0.4, -0.2) is 28.7 Å². The van der Waals surface area contributed by atoms with E-state index in [0.717, 1.165) is 44.0 Å².